The van der Waals surface area contributed by atoms with E-state index in [0.717, 1.165) is 0 Å². The lowest BCUT2D eigenvalue weighted by molar-refractivity contribution is 0.413. The van der Waals surface area contributed by atoms with Crippen LogP contribution in [-0.4, -0.2) is 11.3 Å². The standard InChI is InChI=1S/C15H12FNO2S/c1-19-13-3-2-4-14(8-13)20(18)10-12-7-11(9-17)5-6-15(12)16/h2-8H,10H2,1H3. The number of hydrogen-bond acceptors (Lipinski definition) is 3. The van der Waals surface area contributed by atoms with Crippen molar-refractivity contribution in [2.45, 2.75) is 10.6 Å². The molecule has 0 amide bonds. The van der Waals surface area contributed by atoms with E-state index in [9.17, 15) is 8.60 Å². The van der Waals surface area contributed by atoms with Gasteiger partial charge in [-0.25, -0.2) is 4.39 Å². The molecule has 0 saturated heterocycles. The van der Waals surface area contributed by atoms with Crippen LogP contribution in [0.25, 0.3) is 0 Å². The Bertz CT molecular complexity index is 695. The van der Waals surface area contributed by atoms with E-state index in [1.807, 2.05) is 6.07 Å². The van der Waals surface area contributed by atoms with Gasteiger partial charge in [0.25, 0.3) is 0 Å². The monoisotopic (exact) mass is 289 g/mol. The first-order chi connectivity index (χ1) is 9.63. The molecular formula is C15H12FNO2S. The van der Waals surface area contributed by atoms with Gasteiger partial charge in [-0.3, -0.25) is 4.21 Å². The minimum Gasteiger partial charge on any atom is -0.497 e. The van der Waals surface area contributed by atoms with E-state index in [-0.39, 0.29) is 11.3 Å². The Hall–Kier alpha value is -2.19. The van der Waals surface area contributed by atoms with Crippen LogP contribution >= 0.6 is 0 Å². The van der Waals surface area contributed by atoms with Crippen LogP contribution in [-0.2, 0) is 16.6 Å². The average Bonchev–Trinajstić information content (AvgIpc) is 2.49. The Morgan fingerprint density at radius 3 is 2.80 bits per heavy atom. The molecule has 2 aromatic rings. The molecule has 2 aromatic carbocycles. The van der Waals surface area contributed by atoms with E-state index in [2.05, 4.69) is 0 Å². The molecule has 102 valence electrons. The Kier molecular flexibility index (Phi) is 4.49. The highest BCUT2D eigenvalue weighted by Crippen LogP contribution is 2.20. The number of rotatable bonds is 4. The van der Waals surface area contributed by atoms with Gasteiger partial charge in [-0.05, 0) is 36.4 Å². The number of methoxy groups -OCH3 is 1. The van der Waals surface area contributed by atoms with Gasteiger partial charge in [-0.1, -0.05) is 6.07 Å². The van der Waals surface area contributed by atoms with Gasteiger partial charge in [-0.15, -0.1) is 0 Å². The fourth-order valence-electron chi connectivity index (χ4n) is 1.72. The Morgan fingerprint density at radius 1 is 1.30 bits per heavy atom. The summed E-state index contributed by atoms with van der Waals surface area (Å²) in [7, 11) is 0.130. The molecular weight excluding hydrogens is 277 g/mol. The highest BCUT2D eigenvalue weighted by molar-refractivity contribution is 7.84. The van der Waals surface area contributed by atoms with E-state index in [1.165, 1.54) is 25.3 Å². The lowest BCUT2D eigenvalue weighted by atomic mass is 10.1. The average molecular weight is 289 g/mol. The number of nitrogens with zero attached hydrogens (tertiary/aromatic N) is 1. The van der Waals surface area contributed by atoms with Crippen LogP contribution in [0, 0.1) is 17.1 Å². The van der Waals surface area contributed by atoms with Crippen molar-refractivity contribution in [2.24, 2.45) is 0 Å². The van der Waals surface area contributed by atoms with Crippen molar-refractivity contribution >= 4 is 10.8 Å². The molecule has 0 aromatic heterocycles. The zero-order valence-corrected chi connectivity index (χ0v) is 11.6. The Morgan fingerprint density at radius 2 is 2.10 bits per heavy atom. The molecule has 2 rings (SSSR count). The smallest absolute Gasteiger partial charge is 0.127 e. The number of nitriles is 1. The maximum atomic E-state index is 13.7. The molecule has 0 radical (unpaired) electrons. The molecule has 0 fully saturated rings. The van der Waals surface area contributed by atoms with E-state index in [0.29, 0.717) is 16.2 Å². The summed E-state index contributed by atoms with van der Waals surface area (Å²) in [5, 5.41) is 8.81. The number of benzene rings is 2. The summed E-state index contributed by atoms with van der Waals surface area (Å²) >= 11 is 0. The minimum atomic E-state index is -1.40. The van der Waals surface area contributed by atoms with Crippen molar-refractivity contribution in [3.05, 3.63) is 59.4 Å². The van der Waals surface area contributed by atoms with Crippen LogP contribution in [0.5, 0.6) is 5.75 Å². The molecule has 20 heavy (non-hydrogen) atoms. The SMILES string of the molecule is COc1cccc(S(=O)Cc2cc(C#N)ccc2F)c1. The lowest BCUT2D eigenvalue weighted by Gasteiger charge is -2.06. The van der Waals surface area contributed by atoms with Crippen molar-refractivity contribution < 1.29 is 13.3 Å². The van der Waals surface area contributed by atoms with Gasteiger partial charge in [0, 0.05) is 10.5 Å². The fourth-order valence-corrected chi connectivity index (χ4v) is 2.87. The van der Waals surface area contributed by atoms with Gasteiger partial charge in [0.05, 0.1) is 35.3 Å². The van der Waals surface area contributed by atoms with Crippen molar-refractivity contribution in [3.8, 4) is 11.8 Å². The maximum absolute atomic E-state index is 13.7. The van der Waals surface area contributed by atoms with Gasteiger partial charge in [0.2, 0.25) is 0 Å². The molecule has 0 spiro atoms. The second-order valence-electron chi connectivity index (χ2n) is 4.09. The molecule has 0 heterocycles. The first-order valence-corrected chi connectivity index (χ1v) is 7.17. The highest BCUT2D eigenvalue weighted by Gasteiger charge is 2.10. The first kappa shape index (κ1) is 14.2. The Balaban J connectivity index is 2.25. The van der Waals surface area contributed by atoms with Gasteiger partial charge in [0.1, 0.15) is 11.6 Å². The van der Waals surface area contributed by atoms with E-state index in [4.69, 9.17) is 10.00 Å². The quantitative estimate of drug-likeness (QED) is 0.869. The Labute approximate surface area is 119 Å². The second-order valence-corrected chi connectivity index (χ2v) is 5.54. The molecule has 1 unspecified atom stereocenters. The summed E-state index contributed by atoms with van der Waals surface area (Å²) in [6.07, 6.45) is 0. The van der Waals surface area contributed by atoms with Gasteiger partial charge < -0.3 is 4.74 Å². The third-order valence-electron chi connectivity index (χ3n) is 2.77. The summed E-state index contributed by atoms with van der Waals surface area (Å²) in [5.74, 6) is 0.163. The molecule has 1 atom stereocenters. The van der Waals surface area contributed by atoms with E-state index in [1.54, 1.807) is 24.3 Å². The molecule has 0 N–H and O–H groups in total. The number of ether oxygens (including phenoxy) is 1. The second kappa shape index (κ2) is 6.31. The maximum Gasteiger partial charge on any atom is 0.127 e. The molecule has 0 aliphatic rings. The van der Waals surface area contributed by atoms with Gasteiger partial charge >= 0.3 is 0 Å². The van der Waals surface area contributed by atoms with Gasteiger partial charge in [-0.2, -0.15) is 5.26 Å². The topological polar surface area (TPSA) is 50.1 Å². The molecule has 3 nitrogen and oxygen atoms in total. The first-order valence-electron chi connectivity index (χ1n) is 5.85. The predicted molar refractivity (Wildman–Crippen MR) is 74.2 cm³/mol. The predicted octanol–water partition coefficient (Wildman–Crippen LogP) is 3.01. The van der Waals surface area contributed by atoms with E-state index >= 15 is 0 Å². The molecule has 0 bridgehead atoms. The molecule has 5 heteroatoms. The van der Waals surface area contributed by atoms with Crippen molar-refractivity contribution in [1.82, 2.24) is 0 Å². The van der Waals surface area contributed by atoms with Gasteiger partial charge in [0.15, 0.2) is 0 Å². The fraction of sp³-hybridized carbons (Fsp3) is 0.133. The van der Waals surface area contributed by atoms with Crippen LogP contribution in [0.15, 0.2) is 47.4 Å². The van der Waals surface area contributed by atoms with Crippen molar-refractivity contribution in [3.63, 3.8) is 0 Å². The molecule has 0 aliphatic carbocycles. The van der Waals surface area contributed by atoms with Crippen LogP contribution < -0.4 is 4.74 Å². The summed E-state index contributed by atoms with van der Waals surface area (Å²) in [4.78, 5) is 0.561. The zero-order chi connectivity index (χ0) is 14.5. The van der Waals surface area contributed by atoms with Crippen LogP contribution in [0.3, 0.4) is 0 Å². The normalized spacial score (nSPS) is 11.7. The zero-order valence-electron chi connectivity index (χ0n) is 10.8. The molecule has 0 saturated carbocycles. The van der Waals surface area contributed by atoms with Crippen LogP contribution in [0.1, 0.15) is 11.1 Å². The third-order valence-corrected chi connectivity index (χ3v) is 4.12. The largest absolute Gasteiger partial charge is 0.497 e. The van der Waals surface area contributed by atoms with Crippen molar-refractivity contribution in [1.29, 1.82) is 5.26 Å². The van der Waals surface area contributed by atoms with Crippen LogP contribution in [0.4, 0.5) is 4.39 Å². The number of halogens is 1. The van der Waals surface area contributed by atoms with Crippen molar-refractivity contribution in [2.75, 3.05) is 7.11 Å². The molecule has 0 aliphatic heterocycles. The summed E-state index contributed by atoms with van der Waals surface area (Å²) in [5.41, 5.74) is 0.620. The summed E-state index contributed by atoms with van der Waals surface area (Å²) in [6.45, 7) is 0. The number of hydrogen-bond donors (Lipinski definition) is 0. The van der Waals surface area contributed by atoms with Crippen LogP contribution in [0.2, 0.25) is 0 Å². The highest BCUT2D eigenvalue weighted by atomic mass is 32.2. The van der Waals surface area contributed by atoms with E-state index < -0.39 is 16.6 Å². The summed E-state index contributed by atoms with van der Waals surface area (Å²) in [6, 6.07) is 12.8. The summed E-state index contributed by atoms with van der Waals surface area (Å²) < 4.78 is 31.0. The lowest BCUT2D eigenvalue weighted by Crippen LogP contribution is -2.00. The minimum absolute atomic E-state index is 0.0223. The third kappa shape index (κ3) is 3.22.